The van der Waals surface area contributed by atoms with Crippen LogP contribution in [0.4, 0.5) is 0 Å². The van der Waals surface area contributed by atoms with E-state index in [1.165, 1.54) is 0 Å². The van der Waals surface area contributed by atoms with E-state index in [0.717, 1.165) is 22.6 Å². The molecule has 0 aromatic heterocycles. The average Bonchev–Trinajstić information content (AvgIpc) is 2.56. The summed E-state index contributed by atoms with van der Waals surface area (Å²) in [5.74, 6) is 1.50. The predicted octanol–water partition coefficient (Wildman–Crippen LogP) is 4.91. The second-order valence-electron chi connectivity index (χ2n) is 4.86. The van der Waals surface area contributed by atoms with Gasteiger partial charge in [0.2, 0.25) is 0 Å². The first-order valence-electron chi connectivity index (χ1n) is 7.74. The third-order valence-corrected chi connectivity index (χ3v) is 3.92. The maximum absolute atomic E-state index is 6.13. The third-order valence-electron chi connectivity index (χ3n) is 3.21. The summed E-state index contributed by atoms with van der Waals surface area (Å²) in [5.41, 5.74) is 4.63. The fraction of sp³-hybridized carbons (Fsp3) is 0.278. The summed E-state index contributed by atoms with van der Waals surface area (Å²) < 4.78 is 11.1. The summed E-state index contributed by atoms with van der Waals surface area (Å²) in [5, 5.41) is 5.45. The SMILES string of the molecule is CCOc1ccc(/C=N/NCc2c(Cl)cccc2Cl)c(OCC)c1. The number of nitrogens with one attached hydrogen (secondary N) is 1. The number of hydrogen-bond donors (Lipinski definition) is 1. The maximum Gasteiger partial charge on any atom is 0.131 e. The first kappa shape index (κ1) is 18.4. The molecule has 2 aromatic rings. The van der Waals surface area contributed by atoms with Gasteiger partial charge in [-0.3, -0.25) is 0 Å². The standard InChI is InChI=1S/C18H20Cl2N2O2/c1-3-23-14-9-8-13(18(10-14)24-4-2)11-21-22-12-15-16(19)6-5-7-17(15)20/h5-11,22H,3-4,12H2,1-2H3/b21-11+. The van der Waals surface area contributed by atoms with E-state index in [-0.39, 0.29) is 0 Å². The molecule has 2 rings (SSSR count). The van der Waals surface area contributed by atoms with Crippen molar-refractivity contribution in [1.29, 1.82) is 0 Å². The Hall–Kier alpha value is -1.91. The molecule has 0 heterocycles. The van der Waals surface area contributed by atoms with Crippen molar-refractivity contribution in [1.82, 2.24) is 5.43 Å². The molecular weight excluding hydrogens is 347 g/mol. The molecule has 0 radical (unpaired) electrons. The fourth-order valence-electron chi connectivity index (χ4n) is 2.10. The largest absolute Gasteiger partial charge is 0.494 e. The van der Waals surface area contributed by atoms with Gasteiger partial charge in [0, 0.05) is 27.2 Å². The normalized spacial score (nSPS) is 10.8. The molecule has 6 heteroatoms. The Balaban J connectivity index is 2.05. The molecule has 0 bridgehead atoms. The highest BCUT2D eigenvalue weighted by Crippen LogP contribution is 2.25. The van der Waals surface area contributed by atoms with E-state index in [1.807, 2.05) is 38.1 Å². The van der Waals surface area contributed by atoms with Gasteiger partial charge >= 0.3 is 0 Å². The lowest BCUT2D eigenvalue weighted by atomic mass is 10.2. The van der Waals surface area contributed by atoms with Crippen LogP contribution in [0.1, 0.15) is 25.0 Å². The second kappa shape index (κ2) is 9.40. The monoisotopic (exact) mass is 366 g/mol. The van der Waals surface area contributed by atoms with E-state index < -0.39 is 0 Å². The van der Waals surface area contributed by atoms with Crippen molar-refractivity contribution < 1.29 is 9.47 Å². The molecule has 0 fully saturated rings. The number of benzene rings is 2. The van der Waals surface area contributed by atoms with Crippen LogP contribution < -0.4 is 14.9 Å². The van der Waals surface area contributed by atoms with Crippen LogP contribution in [0.5, 0.6) is 11.5 Å². The van der Waals surface area contributed by atoms with Gasteiger partial charge in [0.05, 0.1) is 26.0 Å². The topological polar surface area (TPSA) is 42.8 Å². The van der Waals surface area contributed by atoms with E-state index in [4.69, 9.17) is 32.7 Å². The summed E-state index contributed by atoms with van der Waals surface area (Å²) in [6.07, 6.45) is 1.70. The highest BCUT2D eigenvalue weighted by Gasteiger charge is 2.05. The zero-order valence-electron chi connectivity index (χ0n) is 13.7. The number of nitrogens with zero attached hydrogens (tertiary/aromatic N) is 1. The lowest BCUT2D eigenvalue weighted by Crippen LogP contribution is -2.07. The third kappa shape index (κ3) is 5.05. The molecular formula is C18H20Cl2N2O2. The molecule has 0 amide bonds. The van der Waals surface area contributed by atoms with Crippen LogP contribution in [-0.4, -0.2) is 19.4 Å². The minimum Gasteiger partial charge on any atom is -0.494 e. The molecule has 0 unspecified atom stereocenters. The van der Waals surface area contributed by atoms with Crippen molar-refractivity contribution in [2.24, 2.45) is 5.10 Å². The summed E-state index contributed by atoms with van der Waals surface area (Å²) in [7, 11) is 0. The molecule has 0 saturated heterocycles. The van der Waals surface area contributed by atoms with Gasteiger partial charge in [-0.2, -0.15) is 5.10 Å². The lowest BCUT2D eigenvalue weighted by molar-refractivity contribution is 0.323. The Morgan fingerprint density at radius 3 is 2.42 bits per heavy atom. The minimum absolute atomic E-state index is 0.440. The molecule has 1 N–H and O–H groups in total. The summed E-state index contributed by atoms with van der Waals surface area (Å²) in [4.78, 5) is 0. The summed E-state index contributed by atoms with van der Waals surface area (Å²) >= 11 is 12.3. The van der Waals surface area contributed by atoms with E-state index in [2.05, 4.69) is 10.5 Å². The van der Waals surface area contributed by atoms with Gasteiger partial charge < -0.3 is 14.9 Å². The van der Waals surface area contributed by atoms with Crippen LogP contribution in [0, 0.1) is 0 Å². The molecule has 0 spiro atoms. The Bertz CT molecular complexity index is 685. The average molecular weight is 367 g/mol. The van der Waals surface area contributed by atoms with Crippen LogP contribution in [0.15, 0.2) is 41.5 Å². The quantitative estimate of drug-likeness (QED) is 0.532. The van der Waals surface area contributed by atoms with Gasteiger partial charge in [-0.15, -0.1) is 0 Å². The first-order chi connectivity index (χ1) is 11.7. The van der Waals surface area contributed by atoms with Crippen molar-refractivity contribution >= 4 is 29.4 Å². The van der Waals surface area contributed by atoms with E-state index in [9.17, 15) is 0 Å². The fourth-order valence-corrected chi connectivity index (χ4v) is 2.63. The number of hydrogen-bond acceptors (Lipinski definition) is 4. The summed E-state index contributed by atoms with van der Waals surface area (Å²) in [6.45, 7) is 5.50. The van der Waals surface area contributed by atoms with Crippen LogP contribution in [0.25, 0.3) is 0 Å². The van der Waals surface area contributed by atoms with Crippen molar-refractivity contribution in [2.75, 3.05) is 13.2 Å². The second-order valence-corrected chi connectivity index (χ2v) is 5.67. The van der Waals surface area contributed by atoms with Crippen LogP contribution in [-0.2, 0) is 6.54 Å². The van der Waals surface area contributed by atoms with Gasteiger partial charge in [-0.25, -0.2) is 0 Å². The predicted molar refractivity (Wildman–Crippen MR) is 99.7 cm³/mol. The number of hydrazone groups is 1. The van der Waals surface area contributed by atoms with E-state index in [0.29, 0.717) is 29.8 Å². The zero-order chi connectivity index (χ0) is 17.4. The zero-order valence-corrected chi connectivity index (χ0v) is 15.2. The Kier molecular flexibility index (Phi) is 7.22. The van der Waals surface area contributed by atoms with Crippen molar-refractivity contribution in [2.45, 2.75) is 20.4 Å². The number of ether oxygens (including phenoxy) is 2. The molecule has 4 nitrogen and oxygen atoms in total. The highest BCUT2D eigenvalue weighted by molar-refractivity contribution is 6.35. The van der Waals surface area contributed by atoms with Crippen LogP contribution >= 0.6 is 23.2 Å². The smallest absolute Gasteiger partial charge is 0.131 e. The van der Waals surface area contributed by atoms with Gasteiger partial charge in [0.1, 0.15) is 11.5 Å². The Labute approximate surface area is 152 Å². The number of halogens is 2. The van der Waals surface area contributed by atoms with Crippen molar-refractivity contribution in [3.8, 4) is 11.5 Å². The van der Waals surface area contributed by atoms with E-state index >= 15 is 0 Å². The van der Waals surface area contributed by atoms with Crippen LogP contribution in [0.2, 0.25) is 10.0 Å². The Morgan fingerprint density at radius 1 is 1.04 bits per heavy atom. The highest BCUT2D eigenvalue weighted by atomic mass is 35.5. The number of rotatable bonds is 8. The van der Waals surface area contributed by atoms with Gasteiger partial charge in [-0.1, -0.05) is 29.3 Å². The molecule has 24 heavy (non-hydrogen) atoms. The molecule has 0 saturated carbocycles. The molecule has 0 aliphatic heterocycles. The van der Waals surface area contributed by atoms with Gasteiger partial charge in [0.25, 0.3) is 0 Å². The summed E-state index contributed by atoms with van der Waals surface area (Å²) in [6, 6.07) is 11.1. The van der Waals surface area contributed by atoms with Gasteiger partial charge in [-0.05, 0) is 38.1 Å². The molecule has 128 valence electrons. The molecule has 2 aromatic carbocycles. The lowest BCUT2D eigenvalue weighted by Gasteiger charge is -2.10. The minimum atomic E-state index is 0.440. The van der Waals surface area contributed by atoms with E-state index in [1.54, 1.807) is 18.3 Å². The molecule has 0 atom stereocenters. The Morgan fingerprint density at radius 2 is 1.75 bits per heavy atom. The van der Waals surface area contributed by atoms with Gasteiger partial charge in [0.15, 0.2) is 0 Å². The maximum atomic E-state index is 6.13. The molecule has 0 aliphatic rings. The molecule has 0 aliphatic carbocycles. The first-order valence-corrected chi connectivity index (χ1v) is 8.49. The van der Waals surface area contributed by atoms with Crippen molar-refractivity contribution in [3.63, 3.8) is 0 Å². The van der Waals surface area contributed by atoms with Crippen LogP contribution in [0.3, 0.4) is 0 Å². The van der Waals surface area contributed by atoms with Crippen molar-refractivity contribution in [3.05, 3.63) is 57.6 Å².